The minimum atomic E-state index is 0.351. The van der Waals surface area contributed by atoms with Crippen LogP contribution < -0.4 is 10.3 Å². The molecule has 2 aromatic carbocycles. The minimum absolute atomic E-state index is 0.351. The molecule has 162 valence electrons. The summed E-state index contributed by atoms with van der Waals surface area (Å²) in [7, 11) is 3.99. The molecule has 0 saturated heterocycles. The molecule has 2 aliphatic carbocycles. The van der Waals surface area contributed by atoms with Gasteiger partial charge in [-0.2, -0.15) is 0 Å². The molecule has 0 heterocycles. The van der Waals surface area contributed by atoms with E-state index in [2.05, 4.69) is 85.7 Å². The van der Waals surface area contributed by atoms with Gasteiger partial charge in [-0.3, -0.25) is 0 Å². The van der Waals surface area contributed by atoms with Crippen molar-refractivity contribution in [1.82, 2.24) is 0 Å². The Morgan fingerprint density at radius 1 is 0.968 bits per heavy atom. The van der Waals surface area contributed by atoms with E-state index < -0.39 is 0 Å². The van der Waals surface area contributed by atoms with Crippen LogP contribution in [0.4, 0.5) is 5.69 Å². The van der Waals surface area contributed by atoms with Crippen LogP contribution in [0.3, 0.4) is 0 Å². The molecule has 2 aromatic rings. The number of hydrogen-bond acceptors (Lipinski definition) is 1. The van der Waals surface area contributed by atoms with Gasteiger partial charge in [-0.1, -0.05) is 58.9 Å². The largest absolute Gasteiger partial charge is 0.388 e. The molecule has 0 saturated carbocycles. The predicted octanol–water partition coefficient (Wildman–Crippen LogP) is 5.45. The van der Waals surface area contributed by atoms with Crippen LogP contribution in [0, 0.1) is 0 Å². The lowest BCUT2D eigenvalue weighted by Crippen LogP contribution is -2.67. The Labute approximate surface area is 188 Å². The molecular weight excluding hydrogens is 376 g/mol. The molecule has 1 unspecified atom stereocenters. The molecule has 0 aromatic heterocycles. The number of fused-ring (bicyclic) bond motifs is 2. The summed E-state index contributed by atoms with van der Waals surface area (Å²) in [5, 5.41) is 3.32. The summed E-state index contributed by atoms with van der Waals surface area (Å²) >= 11 is 0. The van der Waals surface area contributed by atoms with Crippen molar-refractivity contribution in [1.29, 1.82) is 0 Å². The van der Waals surface area contributed by atoms with E-state index in [4.69, 9.17) is 0 Å². The molecule has 2 nitrogen and oxygen atoms in total. The molecule has 2 N–H and O–H groups in total. The fourth-order valence-electron chi connectivity index (χ4n) is 4.75. The number of anilines is 1. The summed E-state index contributed by atoms with van der Waals surface area (Å²) < 4.78 is 0. The zero-order valence-electron chi connectivity index (χ0n) is 20.2. The lowest BCUT2D eigenvalue weighted by molar-refractivity contribution is -0.417. The summed E-state index contributed by atoms with van der Waals surface area (Å²) in [5.74, 6) is 0.351. The normalized spacial score (nSPS) is 18.1. The second-order valence-corrected chi connectivity index (χ2v) is 7.86. The highest BCUT2D eigenvalue weighted by atomic mass is 14.8. The molecule has 2 heteroatoms. The van der Waals surface area contributed by atoms with E-state index in [1.807, 2.05) is 27.9 Å². The van der Waals surface area contributed by atoms with Crippen molar-refractivity contribution in [2.75, 3.05) is 19.4 Å². The summed E-state index contributed by atoms with van der Waals surface area (Å²) in [4.78, 5) is 3.32. The monoisotopic (exact) mass is 413 g/mol. The van der Waals surface area contributed by atoms with Gasteiger partial charge >= 0.3 is 0 Å². The highest BCUT2D eigenvalue weighted by Gasteiger charge is 2.32. The van der Waals surface area contributed by atoms with Gasteiger partial charge in [0.25, 0.3) is 0 Å². The van der Waals surface area contributed by atoms with Gasteiger partial charge in [0.15, 0.2) is 5.71 Å². The first-order valence-electron chi connectivity index (χ1n) is 11.7. The van der Waals surface area contributed by atoms with E-state index >= 15 is 0 Å². The quantitative estimate of drug-likeness (QED) is 0.685. The van der Waals surface area contributed by atoms with Crippen molar-refractivity contribution in [2.24, 2.45) is 0 Å². The van der Waals surface area contributed by atoms with Gasteiger partial charge in [0.2, 0.25) is 0 Å². The summed E-state index contributed by atoms with van der Waals surface area (Å²) in [5.41, 5.74) is 13.6. The van der Waals surface area contributed by atoms with Gasteiger partial charge in [-0.15, -0.1) is 0 Å². The number of rotatable bonds is 4. The lowest BCUT2D eigenvalue weighted by atomic mass is 9.71. The maximum absolute atomic E-state index is 3.32. The molecule has 1 atom stereocenters. The molecule has 0 bridgehead atoms. The maximum atomic E-state index is 3.32. The average molecular weight is 414 g/mol. The fourth-order valence-corrected chi connectivity index (χ4v) is 4.75. The number of benzene rings is 2. The third kappa shape index (κ3) is 4.04. The highest BCUT2D eigenvalue weighted by molar-refractivity contribution is 6.06. The first-order valence-corrected chi connectivity index (χ1v) is 11.7. The fraction of sp³-hybridized carbons (Fsp3) is 0.345. The summed E-state index contributed by atoms with van der Waals surface area (Å²) in [6, 6.07) is 13.6. The maximum Gasteiger partial charge on any atom is 0.198 e. The first kappa shape index (κ1) is 22.8. The van der Waals surface area contributed by atoms with Gasteiger partial charge in [-0.05, 0) is 75.6 Å². The lowest BCUT2D eigenvalue weighted by Gasteiger charge is -2.33. The smallest absolute Gasteiger partial charge is 0.198 e. The van der Waals surface area contributed by atoms with Crippen molar-refractivity contribution in [3.63, 3.8) is 0 Å². The van der Waals surface area contributed by atoms with Gasteiger partial charge in [-0.25, -0.2) is 4.99 Å². The standard InChI is InChI=1S/C27H30N2.C2H6/c1-6-18-9-8-10-19(7-2)26(18)27-22-13-11-20(28-4)15-24(22)17(3)25-16-21(29-5)12-14-23(25)27;1-2/h8-17,28H,6-7H2,1-5H3;1-2H3/p+1. The third-order valence-corrected chi connectivity index (χ3v) is 6.40. The van der Waals surface area contributed by atoms with Crippen LogP contribution in [0.2, 0.25) is 0 Å². The van der Waals surface area contributed by atoms with Gasteiger partial charge in [0, 0.05) is 30.8 Å². The second kappa shape index (κ2) is 9.96. The van der Waals surface area contributed by atoms with Gasteiger partial charge in [0.05, 0.1) is 0 Å². The number of nitrogens with one attached hydrogen (secondary N) is 2. The van der Waals surface area contributed by atoms with Crippen molar-refractivity contribution in [2.45, 2.75) is 53.4 Å². The highest BCUT2D eigenvalue weighted by Crippen LogP contribution is 2.48. The molecule has 0 amide bonds. The Bertz CT molecular complexity index is 1060. The Balaban J connectivity index is 0.00000132. The van der Waals surface area contributed by atoms with Crippen LogP contribution >= 0.6 is 0 Å². The van der Waals surface area contributed by atoms with Crippen LogP contribution in [0.1, 0.15) is 68.4 Å². The van der Waals surface area contributed by atoms with Crippen molar-refractivity contribution < 1.29 is 4.99 Å². The molecule has 0 aliphatic heterocycles. The Kier molecular flexibility index (Phi) is 7.33. The average Bonchev–Trinajstić information content (AvgIpc) is 2.84. The van der Waals surface area contributed by atoms with Crippen molar-refractivity contribution in [3.8, 4) is 0 Å². The zero-order chi connectivity index (χ0) is 22.5. The van der Waals surface area contributed by atoms with Gasteiger partial charge < -0.3 is 5.32 Å². The van der Waals surface area contributed by atoms with E-state index in [1.54, 1.807) is 0 Å². The topological polar surface area (TPSA) is 26.0 Å². The molecular formula is C29H37N2+. The zero-order valence-corrected chi connectivity index (χ0v) is 20.2. The Hall–Kier alpha value is -2.87. The van der Waals surface area contributed by atoms with Crippen LogP contribution in [0.25, 0.3) is 5.57 Å². The third-order valence-electron chi connectivity index (χ3n) is 6.40. The number of aryl methyl sites for hydroxylation is 2. The van der Waals surface area contributed by atoms with E-state index in [-0.39, 0.29) is 0 Å². The Morgan fingerprint density at radius 3 is 2.23 bits per heavy atom. The van der Waals surface area contributed by atoms with Crippen LogP contribution in [0.15, 0.2) is 65.8 Å². The molecule has 31 heavy (non-hydrogen) atoms. The number of allylic oxidation sites excluding steroid dienone is 5. The van der Waals surface area contributed by atoms with E-state index in [9.17, 15) is 0 Å². The predicted molar refractivity (Wildman–Crippen MR) is 136 cm³/mol. The first-order chi connectivity index (χ1) is 15.1. The molecule has 0 fully saturated rings. The van der Waals surface area contributed by atoms with Gasteiger partial charge in [0.1, 0.15) is 7.05 Å². The molecule has 0 radical (unpaired) electrons. The Morgan fingerprint density at radius 2 is 1.65 bits per heavy atom. The molecule has 0 spiro atoms. The summed E-state index contributed by atoms with van der Waals surface area (Å²) in [6.07, 6.45) is 8.92. The number of hydrogen-bond donors (Lipinski definition) is 2. The van der Waals surface area contributed by atoms with Crippen molar-refractivity contribution >= 4 is 17.0 Å². The second-order valence-electron chi connectivity index (χ2n) is 7.86. The van der Waals surface area contributed by atoms with E-state index in [0.717, 1.165) is 12.8 Å². The van der Waals surface area contributed by atoms with Crippen LogP contribution in [0.5, 0.6) is 0 Å². The van der Waals surface area contributed by atoms with E-state index in [0.29, 0.717) is 5.92 Å². The van der Waals surface area contributed by atoms with Crippen molar-refractivity contribution in [3.05, 3.63) is 93.6 Å². The van der Waals surface area contributed by atoms with Crippen LogP contribution in [-0.4, -0.2) is 19.8 Å². The molecule has 4 rings (SSSR count). The SMILES string of the molecule is CC.CCc1cccc(CC)c1C1=C2C=CC(=[NH+]C)C=C2C(C)c2cc(NC)ccc21. The summed E-state index contributed by atoms with van der Waals surface area (Å²) in [6.45, 7) is 10.9. The van der Waals surface area contributed by atoms with E-state index in [1.165, 1.54) is 55.9 Å². The minimum Gasteiger partial charge on any atom is -0.388 e. The molecule has 2 aliphatic rings. The van der Waals surface area contributed by atoms with Crippen LogP contribution in [-0.2, 0) is 12.8 Å².